The van der Waals surface area contributed by atoms with Gasteiger partial charge < -0.3 is 10.0 Å². The Hall–Kier alpha value is -1.06. The summed E-state index contributed by atoms with van der Waals surface area (Å²) >= 11 is 0. The number of hydrogen-bond acceptors (Lipinski definition) is 2. The molecule has 1 atom stereocenters. The van der Waals surface area contributed by atoms with Gasteiger partial charge in [0.05, 0.1) is 0 Å². The normalized spacial score (nSPS) is 12.6. The maximum absolute atomic E-state index is 11.7. The molecule has 0 aromatic rings. The molecule has 0 saturated carbocycles. The smallest absolute Gasteiger partial charge is 0.303 e. The molecule has 0 fully saturated rings. The average molecular weight is 229 g/mol. The van der Waals surface area contributed by atoms with E-state index in [2.05, 4.69) is 13.8 Å². The molecule has 0 heterocycles. The van der Waals surface area contributed by atoms with Crippen molar-refractivity contribution in [3.63, 3.8) is 0 Å². The lowest BCUT2D eigenvalue weighted by Gasteiger charge is -2.19. The second-order valence-corrected chi connectivity index (χ2v) is 4.90. The van der Waals surface area contributed by atoms with Gasteiger partial charge in [-0.1, -0.05) is 20.8 Å². The van der Waals surface area contributed by atoms with Gasteiger partial charge >= 0.3 is 5.97 Å². The fourth-order valence-electron chi connectivity index (χ4n) is 1.40. The first kappa shape index (κ1) is 14.9. The summed E-state index contributed by atoms with van der Waals surface area (Å²) in [6.45, 7) is 6.77. The molecule has 1 unspecified atom stereocenters. The van der Waals surface area contributed by atoms with Crippen LogP contribution in [0.1, 0.15) is 40.0 Å². The molecule has 0 radical (unpaired) electrons. The highest BCUT2D eigenvalue weighted by molar-refractivity contribution is 5.77. The van der Waals surface area contributed by atoms with E-state index in [9.17, 15) is 9.59 Å². The van der Waals surface area contributed by atoms with Gasteiger partial charge in [-0.15, -0.1) is 0 Å². The van der Waals surface area contributed by atoms with Crippen molar-refractivity contribution < 1.29 is 14.7 Å². The van der Waals surface area contributed by atoms with Crippen LogP contribution >= 0.6 is 0 Å². The van der Waals surface area contributed by atoms with E-state index in [-0.39, 0.29) is 18.2 Å². The third kappa shape index (κ3) is 7.26. The summed E-state index contributed by atoms with van der Waals surface area (Å²) in [5.41, 5.74) is 0. The topological polar surface area (TPSA) is 57.6 Å². The highest BCUT2D eigenvalue weighted by Crippen LogP contribution is 2.10. The Kier molecular flexibility index (Phi) is 6.77. The first-order valence-electron chi connectivity index (χ1n) is 5.78. The minimum absolute atomic E-state index is 0.0365. The van der Waals surface area contributed by atoms with Crippen molar-refractivity contribution in [1.82, 2.24) is 4.90 Å². The number of rotatable bonds is 7. The van der Waals surface area contributed by atoms with E-state index in [1.54, 1.807) is 18.9 Å². The minimum Gasteiger partial charge on any atom is -0.481 e. The fraction of sp³-hybridized carbons (Fsp3) is 0.833. The zero-order chi connectivity index (χ0) is 12.7. The Balaban J connectivity index is 3.90. The highest BCUT2D eigenvalue weighted by atomic mass is 16.4. The molecule has 0 aliphatic heterocycles. The lowest BCUT2D eigenvalue weighted by Crippen LogP contribution is -2.30. The molecule has 0 bridgehead atoms. The van der Waals surface area contributed by atoms with E-state index in [0.29, 0.717) is 12.3 Å². The van der Waals surface area contributed by atoms with E-state index in [1.807, 2.05) is 0 Å². The van der Waals surface area contributed by atoms with Crippen LogP contribution in [0.15, 0.2) is 0 Å². The van der Waals surface area contributed by atoms with E-state index in [1.165, 1.54) is 0 Å². The Morgan fingerprint density at radius 3 is 2.19 bits per heavy atom. The average Bonchev–Trinajstić information content (AvgIpc) is 2.12. The molecule has 0 spiro atoms. The summed E-state index contributed by atoms with van der Waals surface area (Å²) in [4.78, 5) is 23.8. The standard InChI is InChI=1S/C12H23NO3/c1-9(2)5-6-13(4)11(14)7-10(3)8-12(15)16/h9-10H,5-8H2,1-4H3,(H,15,16). The molecule has 0 aromatic heterocycles. The van der Waals surface area contributed by atoms with Crippen LogP contribution in [0.25, 0.3) is 0 Å². The van der Waals surface area contributed by atoms with Crippen LogP contribution in [0.5, 0.6) is 0 Å². The number of carboxylic acids is 1. The summed E-state index contributed by atoms with van der Waals surface area (Å²) in [5, 5.41) is 8.59. The summed E-state index contributed by atoms with van der Waals surface area (Å²) in [5.74, 6) is -0.322. The number of nitrogens with zero attached hydrogens (tertiary/aromatic N) is 1. The van der Waals surface area contributed by atoms with Crippen LogP contribution < -0.4 is 0 Å². The van der Waals surface area contributed by atoms with Crippen LogP contribution in [0.2, 0.25) is 0 Å². The molecule has 16 heavy (non-hydrogen) atoms. The quantitative estimate of drug-likeness (QED) is 0.726. The molecular formula is C12H23NO3. The first-order valence-corrected chi connectivity index (χ1v) is 5.78. The van der Waals surface area contributed by atoms with E-state index >= 15 is 0 Å². The zero-order valence-corrected chi connectivity index (χ0v) is 10.7. The Morgan fingerprint density at radius 2 is 1.75 bits per heavy atom. The van der Waals surface area contributed by atoms with E-state index < -0.39 is 5.97 Å². The third-order valence-corrected chi connectivity index (χ3v) is 2.51. The van der Waals surface area contributed by atoms with Crippen molar-refractivity contribution in [3.05, 3.63) is 0 Å². The molecule has 0 rings (SSSR count). The SMILES string of the molecule is CC(C)CCN(C)C(=O)CC(C)CC(=O)O. The predicted molar refractivity (Wildman–Crippen MR) is 63.1 cm³/mol. The van der Waals surface area contributed by atoms with Crippen molar-refractivity contribution in [2.75, 3.05) is 13.6 Å². The van der Waals surface area contributed by atoms with Gasteiger partial charge in [0.1, 0.15) is 0 Å². The van der Waals surface area contributed by atoms with Gasteiger partial charge in [0.2, 0.25) is 5.91 Å². The molecule has 4 heteroatoms. The second-order valence-electron chi connectivity index (χ2n) is 4.90. The van der Waals surface area contributed by atoms with Crippen LogP contribution in [0.3, 0.4) is 0 Å². The van der Waals surface area contributed by atoms with Crippen molar-refractivity contribution in [1.29, 1.82) is 0 Å². The number of amides is 1. The molecular weight excluding hydrogens is 206 g/mol. The summed E-state index contributed by atoms with van der Waals surface area (Å²) in [7, 11) is 1.78. The molecule has 0 saturated heterocycles. The van der Waals surface area contributed by atoms with Crippen LogP contribution in [-0.2, 0) is 9.59 Å². The van der Waals surface area contributed by atoms with Crippen LogP contribution in [0.4, 0.5) is 0 Å². The maximum Gasteiger partial charge on any atom is 0.303 e. The second kappa shape index (κ2) is 7.25. The zero-order valence-electron chi connectivity index (χ0n) is 10.7. The van der Waals surface area contributed by atoms with Gasteiger partial charge in [0, 0.05) is 26.4 Å². The molecule has 0 aromatic carbocycles. The third-order valence-electron chi connectivity index (χ3n) is 2.51. The summed E-state index contributed by atoms with van der Waals surface area (Å²) in [6, 6.07) is 0. The Bertz CT molecular complexity index is 238. The van der Waals surface area contributed by atoms with Crippen LogP contribution in [0, 0.1) is 11.8 Å². The molecule has 1 amide bonds. The van der Waals surface area contributed by atoms with Crippen molar-refractivity contribution >= 4 is 11.9 Å². The van der Waals surface area contributed by atoms with Gasteiger partial charge in [-0.25, -0.2) is 0 Å². The maximum atomic E-state index is 11.7. The largest absolute Gasteiger partial charge is 0.481 e. The monoisotopic (exact) mass is 229 g/mol. The molecule has 4 nitrogen and oxygen atoms in total. The van der Waals surface area contributed by atoms with Gasteiger partial charge in [-0.2, -0.15) is 0 Å². The van der Waals surface area contributed by atoms with E-state index in [4.69, 9.17) is 5.11 Å². The predicted octanol–water partition coefficient (Wildman–Crippen LogP) is 1.99. The van der Waals surface area contributed by atoms with Gasteiger partial charge in [-0.05, 0) is 18.3 Å². The number of carbonyl (C=O) groups is 2. The van der Waals surface area contributed by atoms with Crippen LogP contribution in [-0.4, -0.2) is 35.5 Å². The number of carbonyl (C=O) groups excluding carboxylic acids is 1. The number of carboxylic acid groups (broad SMARTS) is 1. The van der Waals surface area contributed by atoms with Gasteiger partial charge in [0.25, 0.3) is 0 Å². The lowest BCUT2D eigenvalue weighted by atomic mass is 10.0. The lowest BCUT2D eigenvalue weighted by molar-refractivity contribution is -0.138. The molecule has 0 aliphatic carbocycles. The van der Waals surface area contributed by atoms with Gasteiger partial charge in [0.15, 0.2) is 0 Å². The van der Waals surface area contributed by atoms with Crippen molar-refractivity contribution in [2.24, 2.45) is 11.8 Å². The molecule has 94 valence electrons. The highest BCUT2D eigenvalue weighted by Gasteiger charge is 2.15. The van der Waals surface area contributed by atoms with E-state index in [0.717, 1.165) is 13.0 Å². The Morgan fingerprint density at radius 1 is 1.19 bits per heavy atom. The summed E-state index contributed by atoms with van der Waals surface area (Å²) < 4.78 is 0. The Labute approximate surface area is 97.6 Å². The van der Waals surface area contributed by atoms with Crippen molar-refractivity contribution in [2.45, 2.75) is 40.0 Å². The molecule has 0 aliphatic rings. The number of hydrogen-bond donors (Lipinski definition) is 1. The van der Waals surface area contributed by atoms with Crippen molar-refractivity contribution in [3.8, 4) is 0 Å². The summed E-state index contributed by atoms with van der Waals surface area (Å²) in [6.07, 6.45) is 1.36. The first-order chi connectivity index (χ1) is 7.32. The fourth-order valence-corrected chi connectivity index (χ4v) is 1.40. The molecule has 1 N–H and O–H groups in total. The minimum atomic E-state index is -0.842. The number of aliphatic carboxylic acids is 1. The van der Waals surface area contributed by atoms with Gasteiger partial charge in [-0.3, -0.25) is 9.59 Å².